The third kappa shape index (κ3) is 5.32. The first kappa shape index (κ1) is 22.0. The summed E-state index contributed by atoms with van der Waals surface area (Å²) >= 11 is 2.43. The molecule has 0 atom stereocenters. The summed E-state index contributed by atoms with van der Waals surface area (Å²) in [6, 6.07) is 5.68. The lowest BCUT2D eigenvalue weighted by Crippen LogP contribution is -2.42. The number of anilines is 2. The van der Waals surface area contributed by atoms with Crippen molar-refractivity contribution in [1.29, 1.82) is 0 Å². The molecule has 0 bridgehead atoms. The van der Waals surface area contributed by atoms with E-state index in [1.807, 2.05) is 0 Å². The van der Waals surface area contributed by atoms with Crippen LogP contribution in [0.4, 0.5) is 14.7 Å². The summed E-state index contributed by atoms with van der Waals surface area (Å²) in [5, 5.41) is 15.3. The van der Waals surface area contributed by atoms with Crippen molar-refractivity contribution in [3.05, 3.63) is 52.2 Å². The Hall–Kier alpha value is -3.25. The first-order valence-corrected chi connectivity index (χ1v) is 11.6. The van der Waals surface area contributed by atoms with Gasteiger partial charge in [-0.05, 0) is 25.0 Å². The minimum absolute atomic E-state index is 0.0710. The average Bonchev–Trinajstić information content (AvgIpc) is 3.46. The maximum absolute atomic E-state index is 13.7. The van der Waals surface area contributed by atoms with Gasteiger partial charge in [-0.1, -0.05) is 23.5 Å². The molecule has 0 aliphatic carbocycles. The number of hydrogen-bond acceptors (Lipinski definition) is 8. The molecule has 0 saturated carbocycles. The van der Waals surface area contributed by atoms with Crippen LogP contribution in [-0.4, -0.2) is 50.9 Å². The summed E-state index contributed by atoms with van der Waals surface area (Å²) < 4.78 is 13.7. The number of piperidine rings is 1. The summed E-state index contributed by atoms with van der Waals surface area (Å²) in [5.41, 5.74) is 2.00. The number of carbonyl (C=O) groups is 3. The first-order valence-electron chi connectivity index (χ1n) is 9.84. The van der Waals surface area contributed by atoms with Gasteiger partial charge in [0.15, 0.2) is 5.13 Å². The molecule has 9 nitrogen and oxygen atoms in total. The number of nitrogens with zero attached hydrogens (tertiary/aromatic N) is 4. The van der Waals surface area contributed by atoms with Crippen molar-refractivity contribution in [3.63, 3.8) is 0 Å². The third-order valence-corrected chi connectivity index (χ3v) is 6.44. The van der Waals surface area contributed by atoms with E-state index in [1.165, 1.54) is 40.9 Å². The van der Waals surface area contributed by atoms with Crippen LogP contribution < -0.4 is 10.6 Å². The van der Waals surface area contributed by atoms with Crippen LogP contribution in [0.5, 0.6) is 0 Å². The number of likely N-dealkylation sites (tertiary alicyclic amines) is 1. The molecule has 166 valence electrons. The van der Waals surface area contributed by atoms with E-state index in [2.05, 4.69) is 25.8 Å². The number of halogens is 1. The predicted octanol–water partition coefficient (Wildman–Crippen LogP) is 2.81. The second-order valence-corrected chi connectivity index (χ2v) is 8.83. The van der Waals surface area contributed by atoms with Crippen LogP contribution in [0.1, 0.15) is 28.9 Å². The van der Waals surface area contributed by atoms with Crippen LogP contribution in [0.25, 0.3) is 0 Å². The van der Waals surface area contributed by atoms with E-state index >= 15 is 0 Å². The zero-order valence-corrected chi connectivity index (χ0v) is 18.4. The molecule has 0 spiro atoms. The van der Waals surface area contributed by atoms with Crippen molar-refractivity contribution in [2.45, 2.75) is 19.3 Å². The lowest BCUT2D eigenvalue weighted by atomic mass is 9.95. The third-order valence-electron chi connectivity index (χ3n) is 5.03. The van der Waals surface area contributed by atoms with Crippen molar-refractivity contribution >= 4 is 50.7 Å². The van der Waals surface area contributed by atoms with Gasteiger partial charge in [0, 0.05) is 24.4 Å². The van der Waals surface area contributed by atoms with Crippen molar-refractivity contribution < 1.29 is 18.8 Å². The molecule has 3 aromatic rings. The Balaban J connectivity index is 1.26. The second-order valence-electron chi connectivity index (χ2n) is 7.14. The van der Waals surface area contributed by atoms with E-state index in [0.29, 0.717) is 41.9 Å². The number of benzene rings is 1. The van der Waals surface area contributed by atoms with Gasteiger partial charge in [-0.25, -0.2) is 9.37 Å². The van der Waals surface area contributed by atoms with Crippen molar-refractivity contribution in [2.24, 2.45) is 5.92 Å². The molecule has 3 heterocycles. The monoisotopic (exact) mass is 474 g/mol. The SMILES string of the molecule is O=C(Nc1nc(CC(=O)N2CCC(C(=O)Nc3nncs3)CC2)cs1)c1ccccc1F. The lowest BCUT2D eigenvalue weighted by molar-refractivity contribution is -0.133. The van der Waals surface area contributed by atoms with Gasteiger partial charge in [-0.15, -0.1) is 21.5 Å². The van der Waals surface area contributed by atoms with Crippen molar-refractivity contribution in [2.75, 3.05) is 23.7 Å². The molecule has 1 saturated heterocycles. The number of hydrogen-bond donors (Lipinski definition) is 2. The van der Waals surface area contributed by atoms with Crippen LogP contribution in [0.15, 0.2) is 35.2 Å². The minimum Gasteiger partial charge on any atom is -0.342 e. The van der Waals surface area contributed by atoms with Gasteiger partial charge in [-0.2, -0.15) is 0 Å². The Bertz CT molecular complexity index is 1110. The van der Waals surface area contributed by atoms with Gasteiger partial charge in [0.1, 0.15) is 11.3 Å². The van der Waals surface area contributed by atoms with Gasteiger partial charge in [-0.3, -0.25) is 19.7 Å². The largest absolute Gasteiger partial charge is 0.342 e. The van der Waals surface area contributed by atoms with Crippen molar-refractivity contribution in [3.8, 4) is 0 Å². The minimum atomic E-state index is -0.614. The summed E-state index contributed by atoms with van der Waals surface area (Å²) in [4.78, 5) is 43.1. The molecule has 4 rings (SSSR count). The Morgan fingerprint density at radius 3 is 2.59 bits per heavy atom. The number of aromatic nitrogens is 3. The van der Waals surface area contributed by atoms with E-state index in [0.717, 1.165) is 0 Å². The highest BCUT2D eigenvalue weighted by molar-refractivity contribution is 7.14. The molecule has 2 aromatic heterocycles. The molecule has 1 fully saturated rings. The van der Waals surface area contributed by atoms with E-state index in [1.54, 1.807) is 21.9 Å². The Labute approximate surface area is 190 Å². The number of carbonyl (C=O) groups excluding carboxylic acids is 3. The molecule has 1 aliphatic rings. The summed E-state index contributed by atoms with van der Waals surface area (Å²) in [5.74, 6) is -1.59. The standard InChI is InChI=1S/C20H19FN6O3S2/c21-15-4-2-1-3-14(15)18(30)25-19-23-13(10-31-19)9-16(28)27-7-5-12(6-8-27)17(29)24-20-26-22-11-32-20/h1-4,10-12H,5-9H2,(H,23,25,30)(H,24,26,29). The second kappa shape index (κ2) is 9.92. The maximum atomic E-state index is 13.7. The van der Waals surface area contributed by atoms with Gasteiger partial charge < -0.3 is 10.2 Å². The maximum Gasteiger partial charge on any atom is 0.260 e. The number of nitrogens with one attached hydrogen (secondary N) is 2. The number of amides is 3. The van der Waals surface area contributed by atoms with Crippen LogP contribution in [0.3, 0.4) is 0 Å². The van der Waals surface area contributed by atoms with Crippen LogP contribution in [0, 0.1) is 11.7 Å². The lowest BCUT2D eigenvalue weighted by Gasteiger charge is -2.31. The fourth-order valence-corrected chi connectivity index (χ4v) is 4.50. The molecule has 0 radical (unpaired) electrons. The van der Waals surface area contributed by atoms with Crippen LogP contribution in [-0.2, 0) is 16.0 Å². The highest BCUT2D eigenvalue weighted by Crippen LogP contribution is 2.22. The topological polar surface area (TPSA) is 117 Å². The van der Waals surface area contributed by atoms with E-state index in [4.69, 9.17) is 0 Å². The van der Waals surface area contributed by atoms with Gasteiger partial charge >= 0.3 is 0 Å². The smallest absolute Gasteiger partial charge is 0.260 e. The van der Waals surface area contributed by atoms with E-state index in [9.17, 15) is 18.8 Å². The zero-order valence-electron chi connectivity index (χ0n) is 16.8. The molecular weight excluding hydrogens is 455 g/mol. The summed E-state index contributed by atoms with van der Waals surface area (Å²) in [6.07, 6.45) is 1.22. The van der Waals surface area contributed by atoms with Gasteiger partial charge in [0.25, 0.3) is 5.91 Å². The number of rotatable bonds is 6. The molecule has 1 aliphatic heterocycles. The van der Waals surface area contributed by atoms with Gasteiger partial charge in [0.05, 0.1) is 17.7 Å². The highest BCUT2D eigenvalue weighted by atomic mass is 32.1. The van der Waals surface area contributed by atoms with Crippen LogP contribution in [0.2, 0.25) is 0 Å². The first-order chi connectivity index (χ1) is 15.5. The Morgan fingerprint density at radius 1 is 1.09 bits per heavy atom. The van der Waals surface area contributed by atoms with Crippen molar-refractivity contribution in [1.82, 2.24) is 20.1 Å². The molecule has 2 N–H and O–H groups in total. The zero-order chi connectivity index (χ0) is 22.5. The fourth-order valence-electron chi connectivity index (χ4n) is 3.35. The van der Waals surface area contributed by atoms with E-state index < -0.39 is 11.7 Å². The molecule has 3 amide bonds. The fraction of sp³-hybridized carbons (Fsp3) is 0.300. The predicted molar refractivity (Wildman–Crippen MR) is 118 cm³/mol. The molecular formula is C20H19FN6O3S2. The highest BCUT2D eigenvalue weighted by Gasteiger charge is 2.28. The summed E-state index contributed by atoms with van der Waals surface area (Å²) in [7, 11) is 0. The normalized spacial score (nSPS) is 14.2. The Kier molecular flexibility index (Phi) is 6.81. The van der Waals surface area contributed by atoms with Crippen LogP contribution >= 0.6 is 22.7 Å². The molecule has 12 heteroatoms. The number of thiazole rings is 1. The van der Waals surface area contributed by atoms with Gasteiger partial charge in [0.2, 0.25) is 16.9 Å². The molecule has 32 heavy (non-hydrogen) atoms. The van der Waals surface area contributed by atoms with E-state index in [-0.39, 0.29) is 29.7 Å². The quantitative estimate of drug-likeness (QED) is 0.567. The molecule has 0 unspecified atom stereocenters. The Morgan fingerprint density at radius 2 is 1.88 bits per heavy atom. The summed E-state index contributed by atoms with van der Waals surface area (Å²) in [6.45, 7) is 0.960. The molecule has 1 aromatic carbocycles. The average molecular weight is 475 g/mol.